The second-order valence-corrected chi connectivity index (χ2v) is 9.15. The first kappa shape index (κ1) is 25.7. The number of anilines is 1. The molecule has 1 heterocycles. The Kier molecular flexibility index (Phi) is 8.76. The zero-order valence-corrected chi connectivity index (χ0v) is 20.2. The predicted molar refractivity (Wildman–Crippen MR) is 133 cm³/mol. The highest BCUT2D eigenvalue weighted by atomic mass is 32.2. The minimum Gasteiger partial charge on any atom is -0.439 e. The second-order valence-electron chi connectivity index (χ2n) is 7.21. The van der Waals surface area contributed by atoms with Gasteiger partial charge in [0.05, 0.1) is 4.90 Å². The van der Waals surface area contributed by atoms with Gasteiger partial charge in [-0.25, -0.2) is 13.4 Å². The number of para-hydroxylation sites is 1. The van der Waals surface area contributed by atoms with Gasteiger partial charge in [-0.1, -0.05) is 37.2 Å². The summed E-state index contributed by atoms with van der Waals surface area (Å²) in [5, 5.41) is 6.35. The summed E-state index contributed by atoms with van der Waals surface area (Å²) < 4.78 is 32.0. The minimum absolute atomic E-state index is 0.0440. The van der Waals surface area contributed by atoms with Crippen LogP contribution in [0.5, 0.6) is 11.6 Å². The van der Waals surface area contributed by atoms with E-state index in [0.717, 1.165) is 0 Å². The summed E-state index contributed by atoms with van der Waals surface area (Å²) in [6, 6.07) is 18.4. The molecule has 0 fully saturated rings. The van der Waals surface area contributed by atoms with Crippen LogP contribution in [-0.4, -0.2) is 49.1 Å². The Balaban J connectivity index is 1.51. The van der Waals surface area contributed by atoms with Crippen LogP contribution in [0.2, 0.25) is 0 Å². The average Bonchev–Trinajstić information content (AvgIpc) is 2.86. The van der Waals surface area contributed by atoms with Crippen molar-refractivity contribution in [1.29, 1.82) is 0 Å². The molecule has 10 nitrogen and oxygen atoms in total. The SMILES string of the molecule is CCN(CC)S(=O)(=O)c1ccc(NC(=O)CO/N=C(/N)c2ccc(Oc3ccccc3)nc2)cc1. The number of hydrogen-bond acceptors (Lipinski definition) is 7. The van der Waals surface area contributed by atoms with E-state index in [4.69, 9.17) is 15.3 Å². The van der Waals surface area contributed by atoms with Crippen molar-refractivity contribution in [2.75, 3.05) is 25.0 Å². The van der Waals surface area contributed by atoms with Crippen LogP contribution in [0.4, 0.5) is 5.69 Å². The molecule has 0 bridgehead atoms. The van der Waals surface area contributed by atoms with Crippen molar-refractivity contribution in [3.63, 3.8) is 0 Å². The van der Waals surface area contributed by atoms with E-state index in [1.54, 1.807) is 26.0 Å². The van der Waals surface area contributed by atoms with Crippen molar-refractivity contribution < 1.29 is 22.8 Å². The number of benzene rings is 2. The number of carbonyl (C=O) groups is 1. The number of sulfonamides is 1. The van der Waals surface area contributed by atoms with Gasteiger partial charge in [-0.2, -0.15) is 4.31 Å². The molecule has 0 aliphatic rings. The lowest BCUT2D eigenvalue weighted by atomic mass is 10.3. The van der Waals surface area contributed by atoms with E-state index < -0.39 is 15.9 Å². The smallest absolute Gasteiger partial charge is 0.265 e. The van der Waals surface area contributed by atoms with Crippen molar-refractivity contribution >= 4 is 27.5 Å². The third-order valence-electron chi connectivity index (χ3n) is 4.84. The number of nitrogens with two attached hydrogens (primary N) is 1. The molecule has 3 rings (SSSR count). The number of nitrogens with one attached hydrogen (secondary N) is 1. The number of carbonyl (C=O) groups excluding carboxylic acids is 1. The number of oxime groups is 1. The van der Waals surface area contributed by atoms with Gasteiger partial charge in [0.15, 0.2) is 12.4 Å². The van der Waals surface area contributed by atoms with Gasteiger partial charge in [-0.3, -0.25) is 4.79 Å². The van der Waals surface area contributed by atoms with Crippen LogP contribution in [0, 0.1) is 0 Å². The van der Waals surface area contributed by atoms with Gasteiger partial charge in [0.1, 0.15) is 5.75 Å². The van der Waals surface area contributed by atoms with E-state index in [0.29, 0.717) is 36.0 Å². The molecule has 35 heavy (non-hydrogen) atoms. The van der Waals surface area contributed by atoms with E-state index in [2.05, 4.69) is 15.5 Å². The van der Waals surface area contributed by atoms with E-state index in [-0.39, 0.29) is 17.3 Å². The fraction of sp³-hybridized carbons (Fsp3) is 0.208. The first-order valence-corrected chi connectivity index (χ1v) is 12.3. The Morgan fingerprint density at radius 1 is 1.03 bits per heavy atom. The summed E-state index contributed by atoms with van der Waals surface area (Å²) in [5.74, 6) is 0.612. The molecule has 0 aliphatic carbocycles. The van der Waals surface area contributed by atoms with Crippen molar-refractivity contribution in [3.05, 3.63) is 78.5 Å². The maximum atomic E-state index is 12.5. The number of hydrogen-bond donors (Lipinski definition) is 2. The summed E-state index contributed by atoms with van der Waals surface area (Å²) in [5.41, 5.74) is 6.81. The van der Waals surface area contributed by atoms with Crippen molar-refractivity contribution in [1.82, 2.24) is 9.29 Å². The summed E-state index contributed by atoms with van der Waals surface area (Å²) in [4.78, 5) is 21.5. The highest BCUT2D eigenvalue weighted by molar-refractivity contribution is 7.89. The number of rotatable bonds is 11. The Morgan fingerprint density at radius 2 is 1.71 bits per heavy atom. The lowest BCUT2D eigenvalue weighted by Crippen LogP contribution is -2.30. The molecule has 0 radical (unpaired) electrons. The standard InChI is InChI=1S/C24H27N5O5S/c1-3-29(4-2)35(31,32)21-13-11-19(12-14-21)27-22(30)17-33-28-24(25)18-10-15-23(26-16-18)34-20-8-6-5-7-9-20/h5-16H,3-4,17H2,1-2H3,(H2,25,28)(H,27,30). The molecule has 11 heteroatoms. The molecule has 1 amide bonds. The molecule has 3 aromatic rings. The van der Waals surface area contributed by atoms with Crippen LogP contribution in [-0.2, 0) is 19.7 Å². The van der Waals surface area contributed by atoms with Crippen LogP contribution in [0.15, 0.2) is 83.0 Å². The number of aromatic nitrogens is 1. The van der Waals surface area contributed by atoms with Gasteiger partial charge in [0, 0.05) is 36.6 Å². The Hall–Kier alpha value is -3.96. The molecule has 0 saturated heterocycles. The highest BCUT2D eigenvalue weighted by Gasteiger charge is 2.21. The van der Waals surface area contributed by atoms with Gasteiger partial charge in [-0.15, -0.1) is 0 Å². The van der Waals surface area contributed by atoms with E-state index in [9.17, 15) is 13.2 Å². The summed E-state index contributed by atoms with van der Waals surface area (Å²) >= 11 is 0. The Bertz CT molecular complexity index is 1240. The summed E-state index contributed by atoms with van der Waals surface area (Å²) in [6.07, 6.45) is 1.48. The quantitative estimate of drug-likeness (QED) is 0.236. The second kappa shape index (κ2) is 12.0. The molecular weight excluding hydrogens is 470 g/mol. The Labute approximate surface area is 204 Å². The zero-order chi connectivity index (χ0) is 25.3. The van der Waals surface area contributed by atoms with Crippen LogP contribution < -0.4 is 15.8 Å². The van der Waals surface area contributed by atoms with Crippen molar-refractivity contribution in [2.24, 2.45) is 10.9 Å². The lowest BCUT2D eigenvalue weighted by Gasteiger charge is -2.18. The molecule has 0 spiro atoms. The molecule has 184 valence electrons. The lowest BCUT2D eigenvalue weighted by molar-refractivity contribution is -0.120. The zero-order valence-electron chi connectivity index (χ0n) is 19.4. The van der Waals surface area contributed by atoms with Gasteiger partial charge < -0.3 is 20.6 Å². The fourth-order valence-corrected chi connectivity index (χ4v) is 4.49. The largest absolute Gasteiger partial charge is 0.439 e. The highest BCUT2D eigenvalue weighted by Crippen LogP contribution is 2.19. The topological polar surface area (TPSA) is 136 Å². The predicted octanol–water partition coefficient (Wildman–Crippen LogP) is 3.18. The number of ether oxygens (including phenoxy) is 1. The third kappa shape index (κ3) is 7.01. The van der Waals surface area contributed by atoms with Gasteiger partial charge >= 0.3 is 0 Å². The fourth-order valence-electron chi connectivity index (χ4n) is 3.03. The van der Waals surface area contributed by atoms with Crippen molar-refractivity contribution in [2.45, 2.75) is 18.7 Å². The number of amides is 1. The first-order chi connectivity index (χ1) is 16.8. The molecule has 2 aromatic carbocycles. The normalized spacial score (nSPS) is 11.8. The summed E-state index contributed by atoms with van der Waals surface area (Å²) in [6.45, 7) is 3.91. The van der Waals surface area contributed by atoms with E-state index in [1.807, 2.05) is 30.3 Å². The van der Waals surface area contributed by atoms with Crippen LogP contribution in [0.3, 0.4) is 0 Å². The molecule has 1 aromatic heterocycles. The van der Waals surface area contributed by atoms with Crippen LogP contribution >= 0.6 is 0 Å². The number of nitrogens with zero attached hydrogens (tertiary/aromatic N) is 3. The monoisotopic (exact) mass is 497 g/mol. The molecular formula is C24H27N5O5S. The molecule has 3 N–H and O–H groups in total. The molecule has 0 unspecified atom stereocenters. The molecule has 0 saturated carbocycles. The average molecular weight is 498 g/mol. The Morgan fingerprint density at radius 3 is 2.31 bits per heavy atom. The maximum absolute atomic E-state index is 12.5. The molecule has 0 aliphatic heterocycles. The van der Waals surface area contributed by atoms with E-state index in [1.165, 1.54) is 34.8 Å². The first-order valence-electron chi connectivity index (χ1n) is 10.9. The van der Waals surface area contributed by atoms with Gasteiger partial charge in [-0.05, 0) is 42.5 Å². The van der Waals surface area contributed by atoms with Gasteiger partial charge in [0.25, 0.3) is 5.91 Å². The minimum atomic E-state index is -3.56. The summed E-state index contributed by atoms with van der Waals surface area (Å²) in [7, 11) is -3.56. The van der Waals surface area contributed by atoms with Crippen molar-refractivity contribution in [3.8, 4) is 11.6 Å². The number of pyridine rings is 1. The van der Waals surface area contributed by atoms with Gasteiger partial charge in [0.2, 0.25) is 15.9 Å². The number of amidine groups is 1. The molecule has 0 atom stereocenters. The van der Waals surface area contributed by atoms with Crippen LogP contribution in [0.1, 0.15) is 19.4 Å². The van der Waals surface area contributed by atoms with Crippen LogP contribution in [0.25, 0.3) is 0 Å². The maximum Gasteiger partial charge on any atom is 0.265 e. The van der Waals surface area contributed by atoms with E-state index >= 15 is 0 Å². The third-order valence-corrected chi connectivity index (χ3v) is 6.90.